The molecule has 3 rings (SSSR count). The lowest BCUT2D eigenvalue weighted by Gasteiger charge is -2.07. The van der Waals surface area contributed by atoms with Crippen LogP contribution >= 0.6 is 0 Å². The van der Waals surface area contributed by atoms with Crippen LogP contribution in [0.5, 0.6) is 0 Å². The first kappa shape index (κ1) is 17.8. The standard InChI is InChI=1S/C21H18FNO3/c22-17-7-4-15(5-8-17)14-18(25)9-6-16-2-1-3-20-19(16)10-11-23(12-13-24)21(20)26/h1-11,24H,12-14H2/b9-6+. The summed E-state index contributed by atoms with van der Waals surface area (Å²) in [4.78, 5) is 24.5. The third-order valence-electron chi connectivity index (χ3n) is 4.13. The second-order valence-electron chi connectivity index (χ2n) is 5.95. The number of aliphatic hydroxyl groups excluding tert-OH is 1. The van der Waals surface area contributed by atoms with Crippen LogP contribution < -0.4 is 5.56 Å². The molecule has 0 radical (unpaired) electrons. The van der Waals surface area contributed by atoms with E-state index in [0.717, 1.165) is 16.5 Å². The smallest absolute Gasteiger partial charge is 0.258 e. The van der Waals surface area contributed by atoms with Crippen molar-refractivity contribution in [1.82, 2.24) is 4.57 Å². The summed E-state index contributed by atoms with van der Waals surface area (Å²) in [6.07, 6.45) is 4.98. The molecule has 0 unspecified atom stereocenters. The Morgan fingerprint density at radius 2 is 1.85 bits per heavy atom. The van der Waals surface area contributed by atoms with Gasteiger partial charge in [0, 0.05) is 24.5 Å². The molecule has 0 fully saturated rings. The Morgan fingerprint density at radius 1 is 1.08 bits per heavy atom. The fourth-order valence-corrected chi connectivity index (χ4v) is 2.82. The zero-order chi connectivity index (χ0) is 18.5. The molecule has 0 bridgehead atoms. The van der Waals surface area contributed by atoms with Crippen molar-refractivity contribution in [2.45, 2.75) is 13.0 Å². The Hall–Kier alpha value is -3.05. The van der Waals surface area contributed by atoms with Gasteiger partial charge in [-0.3, -0.25) is 9.59 Å². The Labute approximate surface area is 149 Å². The quantitative estimate of drug-likeness (QED) is 0.695. The summed E-state index contributed by atoms with van der Waals surface area (Å²) in [6.45, 7) is 0.133. The van der Waals surface area contributed by atoms with Gasteiger partial charge < -0.3 is 9.67 Å². The topological polar surface area (TPSA) is 59.3 Å². The molecule has 5 heteroatoms. The second kappa shape index (κ2) is 7.89. The van der Waals surface area contributed by atoms with Crippen molar-refractivity contribution in [2.75, 3.05) is 6.61 Å². The highest BCUT2D eigenvalue weighted by Gasteiger charge is 2.06. The number of ketones is 1. The highest BCUT2D eigenvalue weighted by Crippen LogP contribution is 2.17. The minimum Gasteiger partial charge on any atom is -0.395 e. The molecule has 0 saturated heterocycles. The summed E-state index contributed by atoms with van der Waals surface area (Å²) >= 11 is 0. The van der Waals surface area contributed by atoms with Crippen LogP contribution in [0.1, 0.15) is 11.1 Å². The van der Waals surface area contributed by atoms with E-state index in [1.54, 1.807) is 42.6 Å². The van der Waals surface area contributed by atoms with Gasteiger partial charge in [-0.2, -0.15) is 0 Å². The van der Waals surface area contributed by atoms with Gasteiger partial charge in [-0.05, 0) is 46.9 Å². The molecule has 1 heterocycles. The second-order valence-corrected chi connectivity index (χ2v) is 5.95. The van der Waals surface area contributed by atoms with E-state index in [1.807, 2.05) is 6.07 Å². The molecule has 0 atom stereocenters. The van der Waals surface area contributed by atoms with Gasteiger partial charge in [0.1, 0.15) is 5.82 Å². The monoisotopic (exact) mass is 351 g/mol. The maximum atomic E-state index is 12.9. The van der Waals surface area contributed by atoms with Crippen molar-refractivity contribution in [3.8, 4) is 0 Å². The molecule has 0 saturated carbocycles. The van der Waals surface area contributed by atoms with Crippen molar-refractivity contribution in [3.05, 3.63) is 88.1 Å². The molecule has 2 aromatic carbocycles. The normalized spacial score (nSPS) is 11.3. The van der Waals surface area contributed by atoms with Gasteiger partial charge in [0.2, 0.25) is 0 Å². The number of pyridine rings is 1. The van der Waals surface area contributed by atoms with Gasteiger partial charge >= 0.3 is 0 Å². The summed E-state index contributed by atoms with van der Waals surface area (Å²) in [6, 6.07) is 12.9. The first-order chi connectivity index (χ1) is 12.6. The van der Waals surface area contributed by atoms with Gasteiger partial charge in [-0.15, -0.1) is 0 Å². The molecular formula is C21H18FNO3. The van der Waals surface area contributed by atoms with Crippen LogP contribution in [0.15, 0.2) is 65.6 Å². The Kier molecular flexibility index (Phi) is 5.39. The van der Waals surface area contributed by atoms with Crippen LogP contribution in [-0.4, -0.2) is 22.1 Å². The summed E-state index contributed by atoms with van der Waals surface area (Å²) in [5, 5.41) is 10.3. The van der Waals surface area contributed by atoms with E-state index in [-0.39, 0.29) is 36.7 Å². The molecule has 0 aliphatic carbocycles. The largest absolute Gasteiger partial charge is 0.395 e. The van der Waals surface area contributed by atoms with Crippen LogP contribution in [-0.2, 0) is 17.8 Å². The predicted molar refractivity (Wildman–Crippen MR) is 99.4 cm³/mol. The summed E-state index contributed by atoms with van der Waals surface area (Å²) in [5.41, 5.74) is 1.33. The van der Waals surface area contributed by atoms with E-state index >= 15 is 0 Å². The van der Waals surface area contributed by atoms with Gasteiger partial charge in [-0.1, -0.05) is 30.3 Å². The van der Waals surface area contributed by atoms with Crippen LogP contribution in [0, 0.1) is 5.82 Å². The number of hydrogen-bond donors (Lipinski definition) is 1. The minimum absolute atomic E-state index is 0.108. The average molecular weight is 351 g/mol. The molecule has 4 nitrogen and oxygen atoms in total. The van der Waals surface area contributed by atoms with E-state index in [0.29, 0.717) is 5.39 Å². The maximum absolute atomic E-state index is 12.9. The van der Waals surface area contributed by atoms with Gasteiger partial charge in [0.05, 0.1) is 6.61 Å². The van der Waals surface area contributed by atoms with Crippen molar-refractivity contribution in [3.63, 3.8) is 0 Å². The van der Waals surface area contributed by atoms with E-state index in [9.17, 15) is 14.0 Å². The number of benzene rings is 2. The molecular weight excluding hydrogens is 333 g/mol. The molecule has 26 heavy (non-hydrogen) atoms. The highest BCUT2D eigenvalue weighted by molar-refractivity contribution is 5.98. The number of rotatable bonds is 6. The van der Waals surface area contributed by atoms with Gasteiger partial charge in [0.25, 0.3) is 5.56 Å². The van der Waals surface area contributed by atoms with Crippen LogP contribution in [0.4, 0.5) is 4.39 Å². The van der Waals surface area contributed by atoms with E-state index in [4.69, 9.17) is 5.11 Å². The number of aliphatic hydroxyl groups is 1. The molecule has 132 valence electrons. The van der Waals surface area contributed by atoms with Crippen LogP contribution in [0.2, 0.25) is 0 Å². The van der Waals surface area contributed by atoms with Gasteiger partial charge in [-0.25, -0.2) is 4.39 Å². The SMILES string of the molecule is O=C(/C=C/c1cccc2c(=O)n(CCO)ccc12)Cc1ccc(F)cc1. The van der Waals surface area contributed by atoms with E-state index in [2.05, 4.69) is 0 Å². The lowest BCUT2D eigenvalue weighted by atomic mass is 10.0. The number of carbonyl (C=O) groups is 1. The van der Waals surface area contributed by atoms with Gasteiger partial charge in [0.15, 0.2) is 5.78 Å². The summed E-state index contributed by atoms with van der Waals surface area (Å²) < 4.78 is 14.4. The number of allylic oxidation sites excluding steroid dienone is 1. The molecule has 0 amide bonds. The Morgan fingerprint density at radius 3 is 2.58 bits per heavy atom. The number of nitrogens with zero attached hydrogens (tertiary/aromatic N) is 1. The Bertz CT molecular complexity index is 1020. The van der Waals surface area contributed by atoms with Crippen LogP contribution in [0.3, 0.4) is 0 Å². The molecule has 1 N–H and O–H groups in total. The summed E-state index contributed by atoms with van der Waals surface area (Å²) in [7, 11) is 0. The van der Waals surface area contributed by atoms with Crippen molar-refractivity contribution in [1.29, 1.82) is 0 Å². The zero-order valence-corrected chi connectivity index (χ0v) is 14.1. The lowest BCUT2D eigenvalue weighted by molar-refractivity contribution is -0.113. The third-order valence-corrected chi connectivity index (χ3v) is 4.13. The maximum Gasteiger partial charge on any atom is 0.258 e. The van der Waals surface area contributed by atoms with E-state index < -0.39 is 0 Å². The first-order valence-electron chi connectivity index (χ1n) is 8.27. The number of carbonyl (C=O) groups excluding carboxylic acids is 1. The van der Waals surface area contributed by atoms with Crippen LogP contribution in [0.25, 0.3) is 16.8 Å². The van der Waals surface area contributed by atoms with Crippen molar-refractivity contribution < 1.29 is 14.3 Å². The minimum atomic E-state index is -0.334. The summed E-state index contributed by atoms with van der Waals surface area (Å²) in [5.74, 6) is -0.443. The fraction of sp³-hybridized carbons (Fsp3) is 0.143. The third kappa shape index (κ3) is 3.95. The van der Waals surface area contributed by atoms with Crippen molar-refractivity contribution >= 4 is 22.6 Å². The molecule has 0 aliphatic heterocycles. The predicted octanol–water partition coefficient (Wildman–Crippen LogP) is 2.96. The van der Waals surface area contributed by atoms with Crippen molar-refractivity contribution in [2.24, 2.45) is 0 Å². The lowest BCUT2D eigenvalue weighted by Crippen LogP contribution is -2.21. The number of aromatic nitrogens is 1. The fourth-order valence-electron chi connectivity index (χ4n) is 2.82. The number of halogens is 1. The zero-order valence-electron chi connectivity index (χ0n) is 14.1. The number of hydrogen-bond acceptors (Lipinski definition) is 3. The van der Waals surface area contributed by atoms with E-state index in [1.165, 1.54) is 22.8 Å². The molecule has 0 aliphatic rings. The molecule has 1 aromatic heterocycles. The Balaban J connectivity index is 1.85. The average Bonchev–Trinajstić information content (AvgIpc) is 2.64. The molecule has 0 spiro atoms. The highest BCUT2D eigenvalue weighted by atomic mass is 19.1. The first-order valence-corrected chi connectivity index (χ1v) is 8.27. The number of fused-ring (bicyclic) bond motifs is 1. The molecule has 3 aromatic rings.